The Bertz CT molecular complexity index is 355. The molecule has 0 saturated carbocycles. The molecule has 0 bridgehead atoms. The fourth-order valence-corrected chi connectivity index (χ4v) is 1.85. The van der Waals surface area contributed by atoms with Gasteiger partial charge >= 0.3 is 0 Å². The van der Waals surface area contributed by atoms with Gasteiger partial charge in [0.1, 0.15) is 5.82 Å². The highest BCUT2D eigenvalue weighted by Gasteiger charge is 2.19. The van der Waals surface area contributed by atoms with E-state index in [2.05, 4.69) is 15.9 Å². The van der Waals surface area contributed by atoms with Crippen molar-refractivity contribution in [1.29, 1.82) is 0 Å². The van der Waals surface area contributed by atoms with E-state index in [0.717, 1.165) is 6.07 Å². The van der Waals surface area contributed by atoms with Crippen molar-refractivity contribution in [2.24, 2.45) is 5.73 Å². The Morgan fingerprint density at radius 2 is 2.21 bits per heavy atom. The molecule has 1 unspecified atom stereocenters. The third-order valence-electron chi connectivity index (χ3n) is 1.87. The maximum Gasteiger partial charge on any atom is 0.163 e. The molecular weight excluding hydrogens is 253 g/mol. The van der Waals surface area contributed by atoms with E-state index in [-0.39, 0.29) is 16.0 Å². The number of benzene rings is 1. The molecule has 0 radical (unpaired) electrons. The van der Waals surface area contributed by atoms with Gasteiger partial charge < -0.3 is 15.6 Å². The minimum atomic E-state index is -0.507. The minimum absolute atomic E-state index is 0.0815. The van der Waals surface area contributed by atoms with E-state index >= 15 is 0 Å². The summed E-state index contributed by atoms with van der Waals surface area (Å²) in [6.45, 7) is 1.65. The number of nitrogens with two attached hydrogens (primary N) is 1. The smallest absolute Gasteiger partial charge is 0.163 e. The molecule has 0 saturated heterocycles. The van der Waals surface area contributed by atoms with Gasteiger partial charge in [-0.1, -0.05) is 0 Å². The quantitative estimate of drug-likeness (QED) is 0.861. The number of halogens is 2. The average Bonchev–Trinajstić information content (AvgIpc) is 2.11. The van der Waals surface area contributed by atoms with Gasteiger partial charge in [0.05, 0.1) is 11.6 Å². The van der Waals surface area contributed by atoms with Crippen LogP contribution in [0.3, 0.4) is 0 Å². The second-order valence-corrected chi connectivity index (χ2v) is 3.72. The van der Waals surface area contributed by atoms with E-state index < -0.39 is 11.9 Å². The number of hydrogen-bond acceptors (Lipinski definition) is 3. The lowest BCUT2D eigenvalue weighted by Gasteiger charge is -2.14. The van der Waals surface area contributed by atoms with E-state index in [1.165, 1.54) is 7.11 Å². The van der Waals surface area contributed by atoms with Crippen molar-refractivity contribution in [1.82, 2.24) is 0 Å². The van der Waals surface area contributed by atoms with Crippen molar-refractivity contribution in [3.63, 3.8) is 0 Å². The molecule has 0 aliphatic heterocycles. The van der Waals surface area contributed by atoms with Crippen LogP contribution in [0.15, 0.2) is 10.5 Å². The highest BCUT2D eigenvalue weighted by Crippen LogP contribution is 2.39. The third kappa shape index (κ3) is 1.83. The van der Waals surface area contributed by atoms with Gasteiger partial charge in [-0.25, -0.2) is 4.39 Å². The van der Waals surface area contributed by atoms with Crippen LogP contribution in [0.5, 0.6) is 11.5 Å². The number of ether oxygens (including phenoxy) is 1. The molecule has 1 aromatic carbocycles. The molecule has 0 aliphatic rings. The number of methoxy groups -OCH3 is 1. The van der Waals surface area contributed by atoms with Crippen molar-refractivity contribution in [3.05, 3.63) is 21.9 Å². The van der Waals surface area contributed by atoms with Gasteiger partial charge in [-0.2, -0.15) is 0 Å². The standard InChI is InChI=1S/C9H11BrFNO2/c1-4(12)7-8(10)5(11)3-6(14-2)9(7)13/h3-4,13H,12H2,1-2H3. The predicted molar refractivity (Wildman–Crippen MR) is 54.9 cm³/mol. The molecule has 0 fully saturated rings. The molecule has 14 heavy (non-hydrogen) atoms. The fourth-order valence-electron chi connectivity index (χ4n) is 1.18. The van der Waals surface area contributed by atoms with E-state index in [0.29, 0.717) is 5.56 Å². The molecule has 0 heterocycles. The minimum Gasteiger partial charge on any atom is -0.504 e. The summed E-state index contributed by atoms with van der Waals surface area (Å²) in [7, 11) is 1.35. The maximum atomic E-state index is 13.3. The Morgan fingerprint density at radius 1 is 1.64 bits per heavy atom. The van der Waals surface area contributed by atoms with Crippen LogP contribution in [0.2, 0.25) is 0 Å². The lowest BCUT2D eigenvalue weighted by Crippen LogP contribution is -2.07. The van der Waals surface area contributed by atoms with Crippen molar-refractivity contribution < 1.29 is 14.2 Å². The van der Waals surface area contributed by atoms with E-state index in [4.69, 9.17) is 10.5 Å². The topological polar surface area (TPSA) is 55.5 Å². The first-order valence-electron chi connectivity index (χ1n) is 3.99. The molecule has 1 rings (SSSR count). The molecule has 0 aromatic heterocycles. The van der Waals surface area contributed by atoms with Crippen LogP contribution < -0.4 is 10.5 Å². The summed E-state index contributed by atoms with van der Waals surface area (Å²) in [5.41, 5.74) is 5.90. The first kappa shape index (κ1) is 11.3. The van der Waals surface area contributed by atoms with Gasteiger partial charge in [0.2, 0.25) is 0 Å². The zero-order chi connectivity index (χ0) is 10.9. The van der Waals surface area contributed by atoms with E-state index in [1.807, 2.05) is 0 Å². The third-order valence-corrected chi connectivity index (χ3v) is 2.67. The molecule has 3 nitrogen and oxygen atoms in total. The average molecular weight is 264 g/mol. The fraction of sp³-hybridized carbons (Fsp3) is 0.333. The normalized spacial score (nSPS) is 12.6. The van der Waals surface area contributed by atoms with Gasteiger partial charge in [-0.05, 0) is 22.9 Å². The van der Waals surface area contributed by atoms with Gasteiger partial charge in [-0.3, -0.25) is 0 Å². The Balaban J connectivity index is 3.45. The summed E-state index contributed by atoms with van der Waals surface area (Å²) < 4.78 is 18.3. The number of phenolic OH excluding ortho intramolecular Hbond substituents is 1. The molecule has 78 valence electrons. The lowest BCUT2D eigenvalue weighted by molar-refractivity contribution is 0.365. The first-order valence-corrected chi connectivity index (χ1v) is 4.78. The molecule has 5 heteroatoms. The Hall–Kier alpha value is -0.810. The highest BCUT2D eigenvalue weighted by molar-refractivity contribution is 9.10. The van der Waals surface area contributed by atoms with Crippen molar-refractivity contribution in [2.75, 3.05) is 7.11 Å². The van der Waals surface area contributed by atoms with Crippen LogP contribution in [0.4, 0.5) is 4.39 Å². The summed E-state index contributed by atoms with van der Waals surface area (Å²) in [5.74, 6) is -0.555. The number of hydrogen-bond donors (Lipinski definition) is 2. The second kappa shape index (κ2) is 4.14. The molecule has 0 amide bonds. The van der Waals surface area contributed by atoms with Crippen molar-refractivity contribution in [3.8, 4) is 11.5 Å². The van der Waals surface area contributed by atoms with E-state index in [1.54, 1.807) is 6.92 Å². The molecule has 1 aromatic rings. The lowest BCUT2D eigenvalue weighted by atomic mass is 10.1. The van der Waals surface area contributed by atoms with E-state index in [9.17, 15) is 9.50 Å². The molecule has 0 spiro atoms. The zero-order valence-electron chi connectivity index (χ0n) is 7.84. The summed E-state index contributed by atoms with van der Waals surface area (Å²) in [6.07, 6.45) is 0. The van der Waals surface area contributed by atoms with Crippen LogP contribution in [-0.2, 0) is 0 Å². The van der Waals surface area contributed by atoms with Gasteiger partial charge in [-0.15, -0.1) is 0 Å². The first-order chi connectivity index (χ1) is 6.49. The molecule has 1 atom stereocenters. The van der Waals surface area contributed by atoms with Crippen molar-refractivity contribution in [2.45, 2.75) is 13.0 Å². The van der Waals surface area contributed by atoms with Gasteiger partial charge in [0.25, 0.3) is 0 Å². The number of rotatable bonds is 2. The Morgan fingerprint density at radius 3 is 2.64 bits per heavy atom. The Kier molecular flexibility index (Phi) is 3.34. The van der Waals surface area contributed by atoms with Crippen LogP contribution in [0.25, 0.3) is 0 Å². The maximum absolute atomic E-state index is 13.3. The van der Waals surface area contributed by atoms with Crippen LogP contribution >= 0.6 is 15.9 Å². The zero-order valence-corrected chi connectivity index (χ0v) is 9.43. The number of phenols is 1. The van der Waals surface area contributed by atoms with Gasteiger partial charge in [0.15, 0.2) is 11.5 Å². The molecule has 3 N–H and O–H groups in total. The second-order valence-electron chi connectivity index (χ2n) is 2.93. The van der Waals surface area contributed by atoms with Crippen LogP contribution in [0, 0.1) is 5.82 Å². The SMILES string of the molecule is COc1cc(F)c(Br)c(C(C)N)c1O. The summed E-state index contributed by atoms with van der Waals surface area (Å²) in [4.78, 5) is 0. The predicted octanol–water partition coefficient (Wildman–Crippen LogP) is 2.32. The highest BCUT2D eigenvalue weighted by atomic mass is 79.9. The monoisotopic (exact) mass is 263 g/mol. The summed E-state index contributed by atoms with van der Waals surface area (Å²) in [6, 6.07) is 0.625. The van der Waals surface area contributed by atoms with Crippen LogP contribution in [-0.4, -0.2) is 12.2 Å². The summed E-state index contributed by atoms with van der Waals surface area (Å²) >= 11 is 3.02. The molecule has 0 aliphatic carbocycles. The largest absolute Gasteiger partial charge is 0.504 e. The molecular formula is C9H11BrFNO2. The summed E-state index contributed by atoms with van der Waals surface area (Å²) in [5, 5.41) is 9.66. The Labute approximate surface area is 89.8 Å². The van der Waals surface area contributed by atoms with Gasteiger partial charge in [0, 0.05) is 17.7 Å². The van der Waals surface area contributed by atoms with Crippen molar-refractivity contribution >= 4 is 15.9 Å². The number of aromatic hydroxyl groups is 1. The van der Waals surface area contributed by atoms with Crippen LogP contribution in [0.1, 0.15) is 18.5 Å².